The number of halogens is 3. The number of nitrogens with zero attached hydrogens (tertiary/aromatic N) is 1. The molecule has 0 radical (unpaired) electrons. The summed E-state index contributed by atoms with van der Waals surface area (Å²) >= 11 is 0. The molecule has 0 saturated heterocycles. The van der Waals surface area contributed by atoms with Crippen molar-refractivity contribution in [2.24, 2.45) is 5.73 Å². The molecule has 0 spiro atoms. The van der Waals surface area contributed by atoms with E-state index in [9.17, 15) is 13.2 Å². The second-order valence-corrected chi connectivity index (χ2v) is 5.07. The molecule has 1 unspecified atom stereocenters. The molecule has 0 fully saturated rings. The summed E-state index contributed by atoms with van der Waals surface area (Å²) in [6.07, 6.45) is 0.396. The maximum Gasteiger partial charge on any atom is 0.416 e. The summed E-state index contributed by atoms with van der Waals surface area (Å²) in [4.78, 5) is 0. The normalized spacial score (nSPS) is 13.4. The first-order valence-corrected chi connectivity index (χ1v) is 6.41. The monoisotopic (exact) mass is 282 g/mol. The average molecular weight is 282 g/mol. The smallest absolute Gasteiger partial charge is 0.350 e. The molecule has 2 rings (SSSR count). The molecule has 0 saturated carbocycles. The van der Waals surface area contributed by atoms with Gasteiger partial charge in [0.15, 0.2) is 0 Å². The molecule has 2 nitrogen and oxygen atoms in total. The quantitative estimate of drug-likeness (QED) is 0.915. The average Bonchev–Trinajstić information content (AvgIpc) is 2.75. The van der Waals surface area contributed by atoms with Crippen LogP contribution in [0.3, 0.4) is 0 Å². The zero-order chi connectivity index (χ0) is 14.8. The summed E-state index contributed by atoms with van der Waals surface area (Å²) in [6.45, 7) is 2.49. The minimum Gasteiger partial charge on any atom is -0.350 e. The van der Waals surface area contributed by atoms with Gasteiger partial charge in [0.25, 0.3) is 0 Å². The fourth-order valence-corrected chi connectivity index (χ4v) is 2.09. The standard InChI is InChI=1S/C15H17F3N2/c1-11(19)8-13-6-7-20(10-13)9-12-2-4-14(5-3-12)15(16,17)18/h2-7,10-11H,8-9,19H2,1H3. The summed E-state index contributed by atoms with van der Waals surface area (Å²) in [5.41, 5.74) is 7.07. The molecular formula is C15H17F3N2. The first-order valence-electron chi connectivity index (χ1n) is 6.41. The largest absolute Gasteiger partial charge is 0.416 e. The summed E-state index contributed by atoms with van der Waals surface area (Å²) in [7, 11) is 0. The molecule has 2 N–H and O–H groups in total. The zero-order valence-electron chi connectivity index (χ0n) is 11.2. The maximum absolute atomic E-state index is 12.5. The van der Waals surface area contributed by atoms with E-state index in [-0.39, 0.29) is 6.04 Å². The third-order valence-corrected chi connectivity index (χ3v) is 3.02. The lowest BCUT2D eigenvalue weighted by atomic mass is 10.1. The van der Waals surface area contributed by atoms with Crippen LogP contribution in [-0.4, -0.2) is 10.6 Å². The Morgan fingerprint density at radius 3 is 2.30 bits per heavy atom. The van der Waals surface area contributed by atoms with Crippen molar-refractivity contribution in [3.05, 3.63) is 59.4 Å². The first kappa shape index (κ1) is 14.7. The molecule has 1 aromatic carbocycles. The SMILES string of the molecule is CC(N)Cc1ccn(Cc2ccc(C(F)(F)F)cc2)c1. The first-order chi connectivity index (χ1) is 9.34. The van der Waals surface area contributed by atoms with Crippen molar-refractivity contribution in [2.75, 3.05) is 0 Å². The summed E-state index contributed by atoms with van der Waals surface area (Å²) in [5, 5.41) is 0. The van der Waals surface area contributed by atoms with Gasteiger partial charge < -0.3 is 10.3 Å². The van der Waals surface area contributed by atoms with E-state index in [0.717, 1.165) is 29.7 Å². The third kappa shape index (κ3) is 3.87. The van der Waals surface area contributed by atoms with Crippen molar-refractivity contribution in [1.29, 1.82) is 0 Å². The second kappa shape index (κ2) is 5.71. The highest BCUT2D eigenvalue weighted by molar-refractivity contribution is 5.25. The van der Waals surface area contributed by atoms with Gasteiger partial charge in [-0.1, -0.05) is 12.1 Å². The maximum atomic E-state index is 12.5. The van der Waals surface area contributed by atoms with Crippen LogP contribution in [0.15, 0.2) is 42.7 Å². The predicted molar refractivity (Wildman–Crippen MR) is 72.3 cm³/mol. The van der Waals surface area contributed by atoms with Gasteiger partial charge in [-0.2, -0.15) is 13.2 Å². The van der Waals surface area contributed by atoms with Crippen molar-refractivity contribution in [1.82, 2.24) is 4.57 Å². The highest BCUT2D eigenvalue weighted by atomic mass is 19.4. The molecule has 0 aliphatic rings. The van der Waals surface area contributed by atoms with Crippen LogP contribution in [0, 0.1) is 0 Å². The van der Waals surface area contributed by atoms with Crippen molar-refractivity contribution >= 4 is 0 Å². The van der Waals surface area contributed by atoms with E-state index in [0.29, 0.717) is 6.54 Å². The molecule has 1 atom stereocenters. The minimum absolute atomic E-state index is 0.0944. The Morgan fingerprint density at radius 2 is 1.75 bits per heavy atom. The van der Waals surface area contributed by atoms with E-state index >= 15 is 0 Å². The Kier molecular flexibility index (Phi) is 4.18. The Morgan fingerprint density at radius 1 is 1.10 bits per heavy atom. The van der Waals surface area contributed by atoms with Crippen molar-refractivity contribution in [2.45, 2.75) is 32.1 Å². The van der Waals surface area contributed by atoms with Gasteiger partial charge in [0.1, 0.15) is 0 Å². The van der Waals surface area contributed by atoms with Crippen molar-refractivity contribution in [3.8, 4) is 0 Å². The Balaban J connectivity index is 2.05. The van der Waals surface area contributed by atoms with Crippen LogP contribution < -0.4 is 5.73 Å². The Hall–Kier alpha value is -1.75. The lowest BCUT2D eigenvalue weighted by Crippen LogP contribution is -2.17. The molecular weight excluding hydrogens is 265 g/mol. The molecule has 0 bridgehead atoms. The van der Waals surface area contributed by atoms with Gasteiger partial charge in [-0.3, -0.25) is 0 Å². The molecule has 20 heavy (non-hydrogen) atoms. The lowest BCUT2D eigenvalue weighted by molar-refractivity contribution is -0.137. The van der Waals surface area contributed by atoms with Crippen molar-refractivity contribution < 1.29 is 13.2 Å². The van der Waals surface area contributed by atoms with Crippen LogP contribution >= 0.6 is 0 Å². The van der Waals surface area contributed by atoms with E-state index in [1.54, 1.807) is 0 Å². The number of alkyl halides is 3. The Labute approximate surface area is 116 Å². The van der Waals surface area contributed by atoms with E-state index in [1.165, 1.54) is 12.1 Å². The number of rotatable bonds is 4. The van der Waals surface area contributed by atoms with Crippen LogP contribution in [0.2, 0.25) is 0 Å². The molecule has 0 amide bonds. The molecule has 2 aromatic rings. The molecule has 108 valence electrons. The van der Waals surface area contributed by atoms with E-state index in [4.69, 9.17) is 5.73 Å². The fourth-order valence-electron chi connectivity index (χ4n) is 2.09. The number of aromatic nitrogens is 1. The summed E-state index contributed by atoms with van der Waals surface area (Å²) in [5.74, 6) is 0. The highest BCUT2D eigenvalue weighted by Gasteiger charge is 2.29. The molecule has 0 aliphatic heterocycles. The van der Waals surface area contributed by atoms with Gasteiger partial charge in [0.2, 0.25) is 0 Å². The third-order valence-electron chi connectivity index (χ3n) is 3.02. The van der Waals surface area contributed by atoms with Gasteiger partial charge in [0.05, 0.1) is 5.56 Å². The van der Waals surface area contributed by atoms with Crippen LogP contribution in [-0.2, 0) is 19.1 Å². The van der Waals surface area contributed by atoms with Crippen LogP contribution in [0.5, 0.6) is 0 Å². The number of nitrogens with two attached hydrogens (primary N) is 1. The van der Waals surface area contributed by atoms with E-state index < -0.39 is 11.7 Å². The van der Waals surface area contributed by atoms with Crippen LogP contribution in [0.1, 0.15) is 23.6 Å². The fraction of sp³-hybridized carbons (Fsp3) is 0.333. The molecule has 1 aromatic heterocycles. The van der Waals surface area contributed by atoms with Gasteiger partial charge in [-0.25, -0.2) is 0 Å². The van der Waals surface area contributed by atoms with Crippen molar-refractivity contribution in [3.63, 3.8) is 0 Å². The number of hydrogen-bond donors (Lipinski definition) is 1. The van der Waals surface area contributed by atoms with E-state index in [1.807, 2.05) is 30.0 Å². The zero-order valence-corrected chi connectivity index (χ0v) is 11.2. The topological polar surface area (TPSA) is 30.9 Å². The van der Waals surface area contributed by atoms with Crippen LogP contribution in [0.25, 0.3) is 0 Å². The van der Waals surface area contributed by atoms with Gasteiger partial charge in [0, 0.05) is 25.0 Å². The van der Waals surface area contributed by atoms with Gasteiger partial charge >= 0.3 is 6.18 Å². The van der Waals surface area contributed by atoms with Gasteiger partial charge in [-0.15, -0.1) is 0 Å². The minimum atomic E-state index is -4.28. The second-order valence-electron chi connectivity index (χ2n) is 5.07. The molecule has 1 heterocycles. The number of hydrogen-bond acceptors (Lipinski definition) is 1. The summed E-state index contributed by atoms with van der Waals surface area (Å²) in [6, 6.07) is 7.32. The Bertz CT molecular complexity index is 553. The van der Waals surface area contributed by atoms with Gasteiger partial charge in [-0.05, 0) is 42.7 Å². The lowest BCUT2D eigenvalue weighted by Gasteiger charge is -2.08. The number of benzene rings is 1. The molecule has 5 heteroatoms. The van der Waals surface area contributed by atoms with Crippen LogP contribution in [0.4, 0.5) is 13.2 Å². The molecule has 0 aliphatic carbocycles. The van der Waals surface area contributed by atoms with E-state index in [2.05, 4.69) is 0 Å². The summed E-state index contributed by atoms with van der Waals surface area (Å²) < 4.78 is 39.3. The predicted octanol–water partition coefficient (Wildman–Crippen LogP) is 3.44. The highest BCUT2D eigenvalue weighted by Crippen LogP contribution is 2.29.